The van der Waals surface area contributed by atoms with Gasteiger partial charge in [0.15, 0.2) is 0 Å². The van der Waals surface area contributed by atoms with E-state index in [0.29, 0.717) is 17.4 Å². The van der Waals surface area contributed by atoms with Gasteiger partial charge in [-0.3, -0.25) is 0 Å². The average molecular weight is 237 g/mol. The molecule has 3 rings (SSSR count). The maximum absolute atomic E-state index is 5.61. The van der Waals surface area contributed by atoms with Gasteiger partial charge in [0.25, 0.3) is 0 Å². The third-order valence-corrected chi connectivity index (χ3v) is 2.56. The number of hydrogen-bond donors (Lipinski definition) is 1. The van der Waals surface area contributed by atoms with Crippen LogP contribution in [0.25, 0.3) is 10.9 Å². The van der Waals surface area contributed by atoms with Gasteiger partial charge >= 0.3 is 6.01 Å². The summed E-state index contributed by atoms with van der Waals surface area (Å²) >= 11 is 0. The van der Waals surface area contributed by atoms with Crippen molar-refractivity contribution < 1.29 is 4.74 Å². The number of para-hydroxylation sites is 1. The largest absolute Gasteiger partial charge is 0.424 e. The number of anilines is 1. The summed E-state index contributed by atoms with van der Waals surface area (Å²) in [5.41, 5.74) is 7.16. The van der Waals surface area contributed by atoms with Gasteiger partial charge in [-0.05, 0) is 30.3 Å². The van der Waals surface area contributed by atoms with E-state index < -0.39 is 0 Å². The highest BCUT2D eigenvalue weighted by atomic mass is 16.5. The highest BCUT2D eigenvalue weighted by Gasteiger charge is 2.02. The summed E-state index contributed by atoms with van der Waals surface area (Å²) in [7, 11) is 0. The maximum atomic E-state index is 5.61. The van der Waals surface area contributed by atoms with E-state index in [2.05, 4.69) is 9.97 Å². The average Bonchev–Trinajstić information content (AvgIpc) is 2.41. The van der Waals surface area contributed by atoms with Gasteiger partial charge < -0.3 is 10.5 Å². The van der Waals surface area contributed by atoms with Crippen LogP contribution in [-0.4, -0.2) is 9.97 Å². The van der Waals surface area contributed by atoms with Gasteiger partial charge in [0.2, 0.25) is 0 Å². The van der Waals surface area contributed by atoms with Crippen molar-refractivity contribution >= 4 is 16.6 Å². The molecule has 4 heteroatoms. The molecule has 88 valence electrons. The molecular weight excluding hydrogens is 226 g/mol. The molecule has 0 atom stereocenters. The van der Waals surface area contributed by atoms with E-state index in [9.17, 15) is 0 Å². The number of nitrogens with two attached hydrogens (primary N) is 1. The van der Waals surface area contributed by atoms with Gasteiger partial charge in [0, 0.05) is 17.3 Å². The second-order valence-corrected chi connectivity index (χ2v) is 3.88. The van der Waals surface area contributed by atoms with E-state index in [4.69, 9.17) is 10.5 Å². The number of fused-ring (bicyclic) bond motifs is 1. The Balaban J connectivity index is 1.92. The minimum absolute atomic E-state index is 0.332. The molecule has 0 fully saturated rings. The zero-order valence-corrected chi connectivity index (χ0v) is 9.58. The predicted molar refractivity (Wildman–Crippen MR) is 70.5 cm³/mol. The second-order valence-electron chi connectivity index (χ2n) is 3.88. The summed E-state index contributed by atoms with van der Waals surface area (Å²) in [5.74, 6) is 0.666. The fourth-order valence-corrected chi connectivity index (χ4v) is 1.65. The minimum atomic E-state index is 0.332. The lowest BCUT2D eigenvalue weighted by Crippen LogP contribution is -1.92. The Morgan fingerprint density at radius 1 is 0.944 bits per heavy atom. The van der Waals surface area contributed by atoms with Crippen LogP contribution in [0, 0.1) is 0 Å². The molecule has 2 aromatic carbocycles. The third kappa shape index (κ3) is 2.08. The number of rotatable bonds is 2. The molecule has 0 saturated heterocycles. The summed E-state index contributed by atoms with van der Waals surface area (Å²) < 4.78 is 5.56. The van der Waals surface area contributed by atoms with Crippen LogP contribution in [0.4, 0.5) is 5.69 Å². The van der Waals surface area contributed by atoms with Crippen molar-refractivity contribution in [1.29, 1.82) is 0 Å². The van der Waals surface area contributed by atoms with Crippen molar-refractivity contribution in [3.63, 3.8) is 0 Å². The molecule has 0 aliphatic carbocycles. The van der Waals surface area contributed by atoms with Crippen molar-refractivity contribution in [3.8, 4) is 11.8 Å². The molecule has 0 saturated carbocycles. The Morgan fingerprint density at radius 2 is 1.72 bits per heavy atom. The number of nitrogens with zero attached hydrogens (tertiary/aromatic N) is 2. The number of aromatic nitrogens is 2. The lowest BCUT2D eigenvalue weighted by atomic mass is 10.2. The Bertz CT molecular complexity index is 680. The predicted octanol–water partition coefficient (Wildman–Crippen LogP) is 3.00. The first-order chi connectivity index (χ1) is 8.81. The lowest BCUT2D eigenvalue weighted by molar-refractivity contribution is 0.444. The summed E-state index contributed by atoms with van der Waals surface area (Å²) in [6.45, 7) is 0. The molecular formula is C14H11N3O. The zero-order chi connectivity index (χ0) is 12.4. The first-order valence-electron chi connectivity index (χ1n) is 5.56. The quantitative estimate of drug-likeness (QED) is 0.696. The molecule has 4 nitrogen and oxygen atoms in total. The van der Waals surface area contributed by atoms with Gasteiger partial charge in [0.05, 0.1) is 5.52 Å². The standard InChI is InChI=1S/C14H11N3O/c15-11-5-7-12(8-6-11)18-14-16-9-10-3-1-2-4-13(10)17-14/h1-9H,15H2. The van der Waals surface area contributed by atoms with Crippen LogP contribution < -0.4 is 10.5 Å². The molecule has 0 spiro atoms. The lowest BCUT2D eigenvalue weighted by Gasteiger charge is -2.04. The minimum Gasteiger partial charge on any atom is -0.424 e. The van der Waals surface area contributed by atoms with E-state index in [0.717, 1.165) is 10.9 Å². The summed E-state index contributed by atoms with van der Waals surface area (Å²) in [4.78, 5) is 8.49. The van der Waals surface area contributed by atoms with Gasteiger partial charge in [-0.15, -0.1) is 0 Å². The molecule has 0 unspecified atom stereocenters. The summed E-state index contributed by atoms with van der Waals surface area (Å²) in [6.07, 6.45) is 1.75. The van der Waals surface area contributed by atoms with Crippen molar-refractivity contribution in [2.75, 3.05) is 5.73 Å². The first kappa shape index (κ1) is 10.5. The number of hydrogen-bond acceptors (Lipinski definition) is 4. The van der Waals surface area contributed by atoms with Crippen LogP contribution in [0.1, 0.15) is 0 Å². The van der Waals surface area contributed by atoms with Crippen LogP contribution >= 0.6 is 0 Å². The van der Waals surface area contributed by atoms with Crippen LogP contribution in [0.2, 0.25) is 0 Å². The van der Waals surface area contributed by atoms with E-state index in [1.807, 2.05) is 24.3 Å². The summed E-state index contributed by atoms with van der Waals surface area (Å²) in [5, 5.41) is 0.988. The number of benzene rings is 2. The van der Waals surface area contributed by atoms with E-state index in [1.54, 1.807) is 30.5 Å². The molecule has 0 radical (unpaired) electrons. The molecule has 3 aromatic rings. The van der Waals surface area contributed by atoms with E-state index in [1.165, 1.54) is 0 Å². The van der Waals surface area contributed by atoms with Gasteiger partial charge in [0.1, 0.15) is 5.75 Å². The Kier molecular flexibility index (Phi) is 2.53. The van der Waals surface area contributed by atoms with Crippen molar-refractivity contribution in [2.24, 2.45) is 0 Å². The fourth-order valence-electron chi connectivity index (χ4n) is 1.65. The topological polar surface area (TPSA) is 61.0 Å². The highest BCUT2D eigenvalue weighted by molar-refractivity contribution is 5.77. The molecule has 0 aliphatic rings. The first-order valence-corrected chi connectivity index (χ1v) is 5.56. The smallest absolute Gasteiger partial charge is 0.322 e. The monoisotopic (exact) mass is 237 g/mol. The number of ether oxygens (including phenoxy) is 1. The van der Waals surface area contributed by atoms with Crippen LogP contribution in [0.3, 0.4) is 0 Å². The second kappa shape index (κ2) is 4.33. The molecule has 1 heterocycles. The van der Waals surface area contributed by atoms with E-state index >= 15 is 0 Å². The maximum Gasteiger partial charge on any atom is 0.322 e. The zero-order valence-electron chi connectivity index (χ0n) is 9.58. The van der Waals surface area contributed by atoms with Crippen molar-refractivity contribution in [2.45, 2.75) is 0 Å². The SMILES string of the molecule is Nc1ccc(Oc2ncc3ccccc3n2)cc1. The van der Waals surface area contributed by atoms with Gasteiger partial charge in [-0.1, -0.05) is 18.2 Å². The fraction of sp³-hybridized carbons (Fsp3) is 0. The Hall–Kier alpha value is -2.62. The van der Waals surface area contributed by atoms with Gasteiger partial charge in [-0.25, -0.2) is 4.98 Å². The summed E-state index contributed by atoms with van der Waals surface area (Å²) in [6, 6.07) is 15.2. The van der Waals surface area contributed by atoms with Gasteiger partial charge in [-0.2, -0.15) is 4.98 Å². The van der Waals surface area contributed by atoms with Crippen LogP contribution in [-0.2, 0) is 0 Å². The number of nitrogen functional groups attached to an aromatic ring is 1. The molecule has 1 aromatic heterocycles. The highest BCUT2D eigenvalue weighted by Crippen LogP contribution is 2.20. The Labute approximate surface area is 104 Å². The Morgan fingerprint density at radius 3 is 2.56 bits per heavy atom. The van der Waals surface area contributed by atoms with Crippen molar-refractivity contribution in [1.82, 2.24) is 9.97 Å². The molecule has 2 N–H and O–H groups in total. The van der Waals surface area contributed by atoms with Crippen molar-refractivity contribution in [3.05, 3.63) is 54.7 Å². The molecule has 0 bridgehead atoms. The van der Waals surface area contributed by atoms with Crippen LogP contribution in [0.15, 0.2) is 54.7 Å². The third-order valence-electron chi connectivity index (χ3n) is 2.56. The normalized spacial score (nSPS) is 10.4. The molecule has 18 heavy (non-hydrogen) atoms. The molecule has 0 amide bonds. The van der Waals surface area contributed by atoms with Crippen LogP contribution in [0.5, 0.6) is 11.8 Å². The van der Waals surface area contributed by atoms with E-state index in [-0.39, 0.29) is 0 Å². The molecule has 0 aliphatic heterocycles.